The minimum Gasteiger partial charge on any atom is -0.358 e. The molecule has 108 valence electrons. The molecule has 1 fully saturated rings. The largest absolute Gasteiger partial charge is 0.410 e. The zero-order valence-electron chi connectivity index (χ0n) is 11.3. The molecule has 1 unspecified atom stereocenters. The Labute approximate surface area is 115 Å². The molecule has 0 amide bonds. The van der Waals surface area contributed by atoms with Crippen LogP contribution in [0.3, 0.4) is 0 Å². The Morgan fingerprint density at radius 1 is 1.15 bits per heavy atom. The van der Waals surface area contributed by atoms with Gasteiger partial charge in [0.1, 0.15) is 5.54 Å². The van der Waals surface area contributed by atoms with Crippen molar-refractivity contribution >= 4 is 10.9 Å². The van der Waals surface area contributed by atoms with Gasteiger partial charge < -0.3 is 4.98 Å². The van der Waals surface area contributed by atoms with E-state index in [4.69, 9.17) is 0 Å². The molecule has 0 radical (unpaired) electrons. The molecule has 2 nitrogen and oxygen atoms in total. The van der Waals surface area contributed by atoms with Crippen LogP contribution in [0.25, 0.3) is 10.9 Å². The predicted octanol–water partition coefficient (Wildman–Crippen LogP) is 4.01. The molecule has 3 rings (SSSR count). The van der Waals surface area contributed by atoms with Crippen LogP contribution in [-0.2, 0) is 5.54 Å². The van der Waals surface area contributed by atoms with Crippen molar-refractivity contribution in [2.45, 2.75) is 37.9 Å². The number of halogens is 3. The maximum Gasteiger partial charge on any atom is 0.410 e. The summed E-state index contributed by atoms with van der Waals surface area (Å²) in [6.45, 7) is 2.12. The van der Waals surface area contributed by atoms with Gasteiger partial charge in [-0.25, -0.2) is 0 Å². The number of para-hydroxylation sites is 1. The fourth-order valence-electron chi connectivity index (χ4n) is 3.33. The Morgan fingerprint density at radius 3 is 2.55 bits per heavy atom. The zero-order valence-corrected chi connectivity index (χ0v) is 11.3. The van der Waals surface area contributed by atoms with Crippen molar-refractivity contribution in [2.75, 3.05) is 6.54 Å². The van der Waals surface area contributed by atoms with E-state index >= 15 is 0 Å². The summed E-state index contributed by atoms with van der Waals surface area (Å²) in [5.74, 6) is 0. The zero-order chi connectivity index (χ0) is 14.4. The number of nitrogens with one attached hydrogen (secondary N) is 2. The number of hydrogen-bond acceptors (Lipinski definition) is 1. The van der Waals surface area contributed by atoms with E-state index < -0.39 is 11.7 Å². The van der Waals surface area contributed by atoms with E-state index in [2.05, 4.69) is 10.3 Å². The molecule has 1 aromatic carbocycles. The van der Waals surface area contributed by atoms with Crippen LogP contribution in [0.2, 0.25) is 0 Å². The van der Waals surface area contributed by atoms with Crippen LogP contribution >= 0.6 is 0 Å². The molecule has 1 aromatic heterocycles. The average Bonchev–Trinajstić information content (AvgIpc) is 2.74. The summed E-state index contributed by atoms with van der Waals surface area (Å²) in [6.07, 6.45) is -2.83. The van der Waals surface area contributed by atoms with Gasteiger partial charge in [0.2, 0.25) is 0 Å². The Balaban J connectivity index is 2.27. The van der Waals surface area contributed by atoms with Gasteiger partial charge in [0, 0.05) is 22.2 Å². The highest BCUT2D eigenvalue weighted by Crippen LogP contribution is 2.47. The number of rotatable bonds is 1. The second-order valence-electron chi connectivity index (χ2n) is 5.46. The Hall–Kier alpha value is -1.49. The van der Waals surface area contributed by atoms with Gasteiger partial charge in [0.05, 0.1) is 0 Å². The summed E-state index contributed by atoms with van der Waals surface area (Å²) in [6, 6.07) is 7.19. The summed E-state index contributed by atoms with van der Waals surface area (Å²) < 4.78 is 41.4. The molecule has 0 saturated carbocycles. The maximum atomic E-state index is 13.8. The quantitative estimate of drug-likeness (QED) is 0.812. The molecule has 2 heterocycles. The first-order valence-electron chi connectivity index (χ1n) is 6.85. The van der Waals surface area contributed by atoms with E-state index in [9.17, 15) is 13.2 Å². The third kappa shape index (κ3) is 1.84. The van der Waals surface area contributed by atoms with Crippen molar-refractivity contribution in [1.82, 2.24) is 10.3 Å². The van der Waals surface area contributed by atoms with Gasteiger partial charge in [-0.3, -0.25) is 5.32 Å². The topological polar surface area (TPSA) is 27.8 Å². The molecule has 0 bridgehead atoms. The number of aromatic amines is 1. The number of aryl methyl sites for hydroxylation is 1. The molecule has 1 atom stereocenters. The first-order chi connectivity index (χ1) is 9.46. The normalized spacial score (nSPS) is 24.2. The van der Waals surface area contributed by atoms with Crippen LogP contribution in [0.1, 0.15) is 30.5 Å². The van der Waals surface area contributed by atoms with Crippen molar-refractivity contribution in [1.29, 1.82) is 0 Å². The van der Waals surface area contributed by atoms with Crippen LogP contribution in [0.4, 0.5) is 13.2 Å². The smallest absolute Gasteiger partial charge is 0.358 e. The summed E-state index contributed by atoms with van der Waals surface area (Å²) in [5, 5.41) is 3.43. The third-order valence-electron chi connectivity index (χ3n) is 4.21. The number of H-pyrrole nitrogens is 1. The summed E-state index contributed by atoms with van der Waals surface area (Å²) in [7, 11) is 0. The van der Waals surface area contributed by atoms with Crippen molar-refractivity contribution in [3.05, 3.63) is 35.5 Å². The van der Waals surface area contributed by atoms with Crippen LogP contribution < -0.4 is 5.32 Å². The number of aromatic nitrogens is 1. The number of hydrogen-bond donors (Lipinski definition) is 2. The second-order valence-corrected chi connectivity index (χ2v) is 5.46. The second kappa shape index (κ2) is 4.52. The Kier molecular flexibility index (Phi) is 3.05. The molecule has 0 spiro atoms. The number of piperidine rings is 1. The van der Waals surface area contributed by atoms with Gasteiger partial charge in [-0.2, -0.15) is 13.2 Å². The lowest BCUT2D eigenvalue weighted by atomic mass is 9.80. The lowest BCUT2D eigenvalue weighted by Crippen LogP contribution is -2.56. The van der Waals surface area contributed by atoms with E-state index in [1.54, 1.807) is 19.1 Å². The number of fused-ring (bicyclic) bond motifs is 1. The monoisotopic (exact) mass is 282 g/mol. The molecule has 1 aliphatic rings. The highest BCUT2D eigenvalue weighted by atomic mass is 19.4. The standard InChI is InChI=1S/C15H17F3N2/c1-10-13(11-6-2-3-7-12(11)20-10)14(15(16,17)18)8-4-5-9-19-14/h2-3,6-7,19-20H,4-5,8-9H2,1H3. The minimum absolute atomic E-state index is 0.0964. The molecule has 20 heavy (non-hydrogen) atoms. The van der Waals surface area contributed by atoms with E-state index in [0.717, 1.165) is 11.9 Å². The van der Waals surface area contributed by atoms with Gasteiger partial charge in [-0.15, -0.1) is 0 Å². The van der Waals surface area contributed by atoms with Crippen molar-refractivity contribution in [3.63, 3.8) is 0 Å². The Bertz CT molecular complexity index is 622. The number of benzene rings is 1. The fourth-order valence-corrected chi connectivity index (χ4v) is 3.33. The summed E-state index contributed by atoms with van der Waals surface area (Å²) in [4.78, 5) is 3.08. The van der Waals surface area contributed by atoms with Crippen molar-refractivity contribution < 1.29 is 13.2 Å². The molecule has 1 saturated heterocycles. The van der Waals surface area contributed by atoms with E-state index in [1.165, 1.54) is 0 Å². The van der Waals surface area contributed by atoms with Gasteiger partial charge in [0.15, 0.2) is 0 Å². The van der Waals surface area contributed by atoms with Crippen molar-refractivity contribution in [2.24, 2.45) is 0 Å². The molecule has 0 aliphatic carbocycles. The van der Waals surface area contributed by atoms with Gasteiger partial charge >= 0.3 is 6.18 Å². The fraction of sp³-hybridized carbons (Fsp3) is 0.467. The first kappa shape index (κ1) is 13.5. The summed E-state index contributed by atoms with van der Waals surface area (Å²) in [5.41, 5.74) is -0.205. The molecule has 2 aromatic rings. The first-order valence-corrected chi connectivity index (χ1v) is 6.85. The molecular formula is C15H17F3N2. The van der Waals surface area contributed by atoms with Gasteiger partial charge in [-0.05, 0) is 38.8 Å². The highest BCUT2D eigenvalue weighted by Gasteiger charge is 2.57. The number of alkyl halides is 3. The highest BCUT2D eigenvalue weighted by molar-refractivity contribution is 5.86. The predicted molar refractivity (Wildman–Crippen MR) is 72.6 cm³/mol. The molecule has 1 aliphatic heterocycles. The minimum atomic E-state index is -4.30. The summed E-state index contributed by atoms with van der Waals surface area (Å²) >= 11 is 0. The van der Waals surface area contributed by atoms with Crippen LogP contribution in [-0.4, -0.2) is 17.7 Å². The average molecular weight is 282 g/mol. The van der Waals surface area contributed by atoms with E-state index in [1.807, 2.05) is 12.1 Å². The van der Waals surface area contributed by atoms with Crippen LogP contribution in [0, 0.1) is 6.92 Å². The molecular weight excluding hydrogens is 265 g/mol. The van der Waals surface area contributed by atoms with Crippen LogP contribution in [0.15, 0.2) is 24.3 Å². The Morgan fingerprint density at radius 2 is 1.90 bits per heavy atom. The molecule has 5 heteroatoms. The van der Waals surface area contributed by atoms with E-state index in [0.29, 0.717) is 29.6 Å². The van der Waals surface area contributed by atoms with Crippen LogP contribution in [0.5, 0.6) is 0 Å². The van der Waals surface area contributed by atoms with Gasteiger partial charge in [-0.1, -0.05) is 18.2 Å². The van der Waals surface area contributed by atoms with E-state index in [-0.39, 0.29) is 6.42 Å². The SMILES string of the molecule is Cc1[nH]c2ccccc2c1C1(C(F)(F)F)CCCCN1. The van der Waals surface area contributed by atoms with Crippen molar-refractivity contribution in [3.8, 4) is 0 Å². The molecule has 2 N–H and O–H groups in total. The lowest BCUT2D eigenvalue weighted by molar-refractivity contribution is -0.207. The lowest BCUT2D eigenvalue weighted by Gasteiger charge is -2.40. The van der Waals surface area contributed by atoms with Gasteiger partial charge in [0.25, 0.3) is 0 Å². The maximum absolute atomic E-state index is 13.8. The third-order valence-corrected chi connectivity index (χ3v) is 4.21.